The molecule has 2 aliphatic rings. The second-order valence-electron chi connectivity index (χ2n) is 5.93. The van der Waals surface area contributed by atoms with Gasteiger partial charge in [-0.1, -0.05) is 18.2 Å². The van der Waals surface area contributed by atoms with Gasteiger partial charge in [0.25, 0.3) is 0 Å². The molecule has 2 aromatic carbocycles. The van der Waals surface area contributed by atoms with Crippen LogP contribution in [0.5, 0.6) is 23.0 Å². The van der Waals surface area contributed by atoms with E-state index >= 15 is 0 Å². The number of rotatable bonds is 1. The first-order valence-corrected chi connectivity index (χ1v) is 7.55. The number of hydrogen-bond donors (Lipinski definition) is 2. The molecule has 124 valence electrons. The third kappa shape index (κ3) is 1.71. The zero-order valence-electron chi connectivity index (χ0n) is 13.2. The molecule has 0 bridgehead atoms. The topological polar surface area (TPSA) is 85.2 Å². The molecule has 2 unspecified atom stereocenters. The molecule has 2 heterocycles. The Morgan fingerprint density at radius 1 is 1.29 bits per heavy atom. The average Bonchev–Trinajstić information content (AvgIpc) is 2.59. The third-order valence-electron chi connectivity index (χ3n) is 4.69. The van der Waals surface area contributed by atoms with Gasteiger partial charge >= 0.3 is 0 Å². The Balaban J connectivity index is 1.96. The van der Waals surface area contributed by atoms with Gasteiger partial charge in [-0.2, -0.15) is 0 Å². The minimum Gasteiger partial charge on any atom is -0.507 e. The summed E-state index contributed by atoms with van der Waals surface area (Å²) in [5.74, 6) is 0.165. The monoisotopic (exact) mass is 328 g/mol. The van der Waals surface area contributed by atoms with E-state index < -0.39 is 17.5 Å². The van der Waals surface area contributed by atoms with Gasteiger partial charge in [0.15, 0.2) is 11.7 Å². The van der Waals surface area contributed by atoms with E-state index in [-0.39, 0.29) is 23.7 Å². The van der Waals surface area contributed by atoms with Gasteiger partial charge in [-0.15, -0.1) is 0 Å². The number of ether oxygens (including phenoxy) is 3. The quantitative estimate of drug-likeness (QED) is 0.832. The summed E-state index contributed by atoms with van der Waals surface area (Å²) >= 11 is 0. The second-order valence-corrected chi connectivity index (χ2v) is 5.93. The number of benzene rings is 2. The van der Waals surface area contributed by atoms with Crippen LogP contribution in [0, 0.1) is 6.92 Å². The number of methoxy groups -OCH3 is 1. The molecule has 0 amide bonds. The standard InChI is InChI=1S/C18H16O6/c1-9-12(22-2)7-13-15(16(9)19)17(20)18(21)10-5-3-4-6-11(10)23-8-14(18)24-13/h3-7,14,19,21H,8H2,1-2H3. The van der Waals surface area contributed by atoms with Crippen molar-refractivity contribution in [3.05, 3.63) is 47.0 Å². The fraction of sp³-hybridized carbons (Fsp3) is 0.278. The maximum Gasteiger partial charge on any atom is 0.210 e. The summed E-state index contributed by atoms with van der Waals surface area (Å²) in [6, 6.07) is 8.33. The molecule has 6 heteroatoms. The van der Waals surface area contributed by atoms with Crippen molar-refractivity contribution in [2.24, 2.45) is 0 Å². The smallest absolute Gasteiger partial charge is 0.210 e. The number of hydrogen-bond acceptors (Lipinski definition) is 6. The molecule has 0 fully saturated rings. The average molecular weight is 328 g/mol. The van der Waals surface area contributed by atoms with Crippen molar-refractivity contribution in [2.75, 3.05) is 13.7 Å². The van der Waals surface area contributed by atoms with Crippen LogP contribution in [-0.4, -0.2) is 35.8 Å². The summed E-state index contributed by atoms with van der Waals surface area (Å²) in [4.78, 5) is 13.1. The van der Waals surface area contributed by atoms with E-state index in [1.807, 2.05) is 0 Å². The Labute approximate surface area is 138 Å². The fourth-order valence-electron chi connectivity index (χ4n) is 3.34. The van der Waals surface area contributed by atoms with Crippen molar-refractivity contribution >= 4 is 5.78 Å². The molecule has 0 aromatic heterocycles. The summed E-state index contributed by atoms with van der Waals surface area (Å²) in [6.07, 6.45) is -0.904. The number of para-hydroxylation sites is 1. The predicted molar refractivity (Wildman–Crippen MR) is 84.0 cm³/mol. The lowest BCUT2D eigenvalue weighted by molar-refractivity contribution is -0.0801. The number of carbonyl (C=O) groups excluding carboxylic acids is 1. The number of aliphatic hydroxyl groups is 1. The molecule has 6 nitrogen and oxygen atoms in total. The molecule has 0 radical (unpaired) electrons. The highest BCUT2D eigenvalue weighted by atomic mass is 16.6. The number of Topliss-reactive ketones (excluding diaryl/α,β-unsaturated/α-hetero) is 1. The van der Waals surface area contributed by atoms with Gasteiger partial charge < -0.3 is 24.4 Å². The molecule has 4 rings (SSSR count). The van der Waals surface area contributed by atoms with Crippen molar-refractivity contribution in [3.63, 3.8) is 0 Å². The second kappa shape index (κ2) is 4.88. The predicted octanol–water partition coefficient (Wildman–Crippen LogP) is 1.93. The van der Waals surface area contributed by atoms with Gasteiger partial charge in [0.1, 0.15) is 35.2 Å². The van der Waals surface area contributed by atoms with E-state index in [1.54, 1.807) is 37.3 Å². The maximum absolute atomic E-state index is 13.1. The molecule has 24 heavy (non-hydrogen) atoms. The van der Waals surface area contributed by atoms with Crippen LogP contribution in [0.1, 0.15) is 21.5 Å². The molecule has 2 aliphatic heterocycles. The number of ketones is 1. The normalized spacial score (nSPS) is 24.1. The first-order chi connectivity index (χ1) is 11.5. The van der Waals surface area contributed by atoms with Crippen LogP contribution in [0.4, 0.5) is 0 Å². The Morgan fingerprint density at radius 2 is 2.04 bits per heavy atom. The van der Waals surface area contributed by atoms with Crippen LogP contribution in [0.3, 0.4) is 0 Å². The van der Waals surface area contributed by atoms with E-state index in [1.165, 1.54) is 7.11 Å². The number of carbonyl (C=O) groups is 1. The lowest BCUT2D eigenvalue weighted by Crippen LogP contribution is -2.57. The lowest BCUT2D eigenvalue weighted by atomic mass is 9.77. The number of aromatic hydroxyl groups is 1. The summed E-state index contributed by atoms with van der Waals surface area (Å²) in [7, 11) is 1.47. The van der Waals surface area contributed by atoms with E-state index in [9.17, 15) is 15.0 Å². The van der Waals surface area contributed by atoms with E-state index in [0.717, 1.165) is 0 Å². The van der Waals surface area contributed by atoms with Crippen molar-refractivity contribution in [1.82, 2.24) is 0 Å². The van der Waals surface area contributed by atoms with Crippen molar-refractivity contribution in [3.8, 4) is 23.0 Å². The van der Waals surface area contributed by atoms with Crippen molar-refractivity contribution in [2.45, 2.75) is 18.6 Å². The van der Waals surface area contributed by atoms with Gasteiger partial charge in [-0.25, -0.2) is 0 Å². The molecule has 0 spiro atoms. The highest BCUT2D eigenvalue weighted by molar-refractivity contribution is 6.09. The molecule has 2 N–H and O–H groups in total. The van der Waals surface area contributed by atoms with Gasteiger partial charge in [0.2, 0.25) is 5.78 Å². The Hall–Kier alpha value is -2.73. The summed E-state index contributed by atoms with van der Waals surface area (Å²) in [5, 5.41) is 21.7. The van der Waals surface area contributed by atoms with Crippen LogP contribution in [0.2, 0.25) is 0 Å². The van der Waals surface area contributed by atoms with Gasteiger partial charge in [0, 0.05) is 17.2 Å². The fourth-order valence-corrected chi connectivity index (χ4v) is 3.34. The van der Waals surface area contributed by atoms with Crippen LogP contribution in [-0.2, 0) is 5.60 Å². The molecular formula is C18H16O6. The van der Waals surface area contributed by atoms with Crippen molar-refractivity contribution < 1.29 is 29.2 Å². The minimum absolute atomic E-state index is 0.0235. The SMILES string of the molecule is COc1cc2c(c(O)c1C)C(=O)C1(O)c3ccccc3OCC1O2. The van der Waals surface area contributed by atoms with E-state index in [4.69, 9.17) is 14.2 Å². The number of phenolic OH excluding ortho intramolecular Hbond substituents is 1. The van der Waals surface area contributed by atoms with Crippen LogP contribution < -0.4 is 14.2 Å². The Kier molecular flexibility index (Phi) is 3.02. The minimum atomic E-state index is -1.90. The molecule has 0 aliphatic carbocycles. The zero-order chi connectivity index (χ0) is 17.1. The van der Waals surface area contributed by atoms with Crippen LogP contribution in [0.25, 0.3) is 0 Å². The zero-order valence-corrected chi connectivity index (χ0v) is 13.2. The molecule has 2 aromatic rings. The van der Waals surface area contributed by atoms with E-state index in [2.05, 4.69) is 0 Å². The largest absolute Gasteiger partial charge is 0.507 e. The van der Waals surface area contributed by atoms with E-state index in [0.29, 0.717) is 22.6 Å². The maximum atomic E-state index is 13.1. The summed E-state index contributed by atoms with van der Waals surface area (Å²) in [5.41, 5.74) is -1.19. The van der Waals surface area contributed by atoms with Gasteiger partial charge in [0.05, 0.1) is 7.11 Å². The molecular weight excluding hydrogens is 312 g/mol. The Bertz CT molecular complexity index is 859. The highest BCUT2D eigenvalue weighted by Crippen LogP contribution is 2.49. The van der Waals surface area contributed by atoms with Gasteiger partial charge in [-0.3, -0.25) is 4.79 Å². The van der Waals surface area contributed by atoms with Crippen molar-refractivity contribution in [1.29, 1.82) is 0 Å². The molecule has 0 saturated heterocycles. The summed E-state index contributed by atoms with van der Waals surface area (Å²) < 4.78 is 16.6. The summed E-state index contributed by atoms with van der Waals surface area (Å²) in [6.45, 7) is 1.66. The molecule has 2 atom stereocenters. The first kappa shape index (κ1) is 14.8. The number of fused-ring (bicyclic) bond motifs is 4. The first-order valence-electron chi connectivity index (χ1n) is 7.55. The van der Waals surface area contributed by atoms with Crippen LogP contribution >= 0.6 is 0 Å². The van der Waals surface area contributed by atoms with Gasteiger partial charge in [-0.05, 0) is 13.0 Å². The van der Waals surface area contributed by atoms with Crippen LogP contribution in [0.15, 0.2) is 30.3 Å². The third-order valence-corrected chi connectivity index (χ3v) is 4.69. The number of phenols is 1. The molecule has 0 saturated carbocycles. The highest BCUT2D eigenvalue weighted by Gasteiger charge is 2.56. The lowest BCUT2D eigenvalue weighted by Gasteiger charge is -2.43. The Morgan fingerprint density at radius 3 is 2.79 bits per heavy atom.